The number of hydrogen-bond acceptors (Lipinski definition) is 3. The van der Waals surface area contributed by atoms with Crippen molar-refractivity contribution in [1.82, 2.24) is 10.2 Å². The zero-order valence-corrected chi connectivity index (χ0v) is 20.2. The maximum Gasteiger partial charge on any atom is 0.261 e. The number of aryl methyl sites for hydroxylation is 2. The molecular formula is C24H30Cl2N2O3. The van der Waals surface area contributed by atoms with Crippen molar-refractivity contribution in [3.05, 3.63) is 63.1 Å². The number of hydrogen-bond donors (Lipinski definition) is 1. The van der Waals surface area contributed by atoms with Gasteiger partial charge in [0.05, 0.1) is 10.0 Å². The van der Waals surface area contributed by atoms with Gasteiger partial charge in [-0.3, -0.25) is 9.59 Å². The normalized spacial score (nSPS) is 11.9. The van der Waals surface area contributed by atoms with E-state index in [-0.39, 0.29) is 31.0 Å². The molecule has 0 saturated heterocycles. The Balaban J connectivity index is 2.26. The predicted molar refractivity (Wildman–Crippen MR) is 126 cm³/mol. The molecule has 5 nitrogen and oxygen atoms in total. The number of amides is 2. The number of halogens is 2. The van der Waals surface area contributed by atoms with E-state index in [9.17, 15) is 9.59 Å². The minimum atomic E-state index is -0.632. The topological polar surface area (TPSA) is 58.6 Å². The number of nitrogens with one attached hydrogen (secondary N) is 1. The minimum Gasteiger partial charge on any atom is -0.484 e. The average molecular weight is 465 g/mol. The molecule has 0 aliphatic heterocycles. The van der Waals surface area contributed by atoms with Gasteiger partial charge in [0, 0.05) is 12.6 Å². The summed E-state index contributed by atoms with van der Waals surface area (Å²) in [4.78, 5) is 27.5. The quantitative estimate of drug-likeness (QED) is 0.545. The Morgan fingerprint density at radius 1 is 1.03 bits per heavy atom. The molecule has 0 aliphatic carbocycles. The van der Waals surface area contributed by atoms with E-state index in [2.05, 4.69) is 5.32 Å². The number of rotatable bonds is 9. The lowest BCUT2D eigenvalue weighted by Gasteiger charge is -2.31. The summed E-state index contributed by atoms with van der Waals surface area (Å²) in [6.07, 6.45) is 0.467. The molecule has 31 heavy (non-hydrogen) atoms. The summed E-state index contributed by atoms with van der Waals surface area (Å²) in [7, 11) is 0. The lowest BCUT2D eigenvalue weighted by atomic mass is 10.1. The minimum absolute atomic E-state index is 0.0324. The van der Waals surface area contributed by atoms with E-state index in [1.165, 1.54) is 0 Å². The molecule has 2 aromatic rings. The maximum atomic E-state index is 13.2. The van der Waals surface area contributed by atoms with Crippen molar-refractivity contribution in [2.24, 2.45) is 0 Å². The molecule has 2 amide bonds. The van der Waals surface area contributed by atoms with Gasteiger partial charge in [-0.15, -0.1) is 0 Å². The molecule has 0 aliphatic rings. The van der Waals surface area contributed by atoms with Gasteiger partial charge >= 0.3 is 0 Å². The highest BCUT2D eigenvalue weighted by atomic mass is 35.5. The monoisotopic (exact) mass is 464 g/mol. The molecule has 1 N–H and O–H groups in total. The van der Waals surface area contributed by atoms with Crippen molar-refractivity contribution < 1.29 is 14.3 Å². The standard InChI is InChI=1S/C24H30Cl2N2O3/c1-6-22(24(30)27-15(2)3)28(13-18-7-8-20(25)21(26)12-18)23(29)14-31-19-10-16(4)9-17(5)11-19/h7-12,15,22H,6,13-14H2,1-5H3,(H,27,30)/t22-/m1/s1. The summed E-state index contributed by atoms with van der Waals surface area (Å²) in [6.45, 7) is 9.65. The van der Waals surface area contributed by atoms with Gasteiger partial charge in [0.1, 0.15) is 11.8 Å². The summed E-state index contributed by atoms with van der Waals surface area (Å²) in [6, 6.07) is 10.3. The largest absolute Gasteiger partial charge is 0.484 e. The smallest absolute Gasteiger partial charge is 0.261 e. The van der Waals surface area contributed by atoms with Crippen LogP contribution in [0.2, 0.25) is 10.0 Å². The average Bonchev–Trinajstić information content (AvgIpc) is 2.67. The van der Waals surface area contributed by atoms with Gasteiger partial charge in [0.15, 0.2) is 6.61 Å². The molecule has 0 aromatic heterocycles. The second kappa shape index (κ2) is 11.4. The molecule has 7 heteroatoms. The summed E-state index contributed by atoms with van der Waals surface area (Å²) >= 11 is 12.2. The highest BCUT2D eigenvalue weighted by molar-refractivity contribution is 6.42. The van der Waals surface area contributed by atoms with Gasteiger partial charge in [-0.05, 0) is 75.1 Å². The van der Waals surface area contributed by atoms with Crippen molar-refractivity contribution in [2.75, 3.05) is 6.61 Å². The SMILES string of the molecule is CC[C@H](C(=O)NC(C)C)N(Cc1ccc(Cl)c(Cl)c1)C(=O)COc1cc(C)cc(C)c1. The van der Waals surface area contributed by atoms with Gasteiger partial charge in [0.25, 0.3) is 5.91 Å². The summed E-state index contributed by atoms with van der Waals surface area (Å²) in [5.74, 6) is 0.147. The number of benzene rings is 2. The van der Waals surface area contributed by atoms with E-state index in [1.807, 2.05) is 52.8 Å². The van der Waals surface area contributed by atoms with Crippen LogP contribution in [0.15, 0.2) is 36.4 Å². The van der Waals surface area contributed by atoms with Crippen molar-refractivity contribution in [3.63, 3.8) is 0 Å². The van der Waals surface area contributed by atoms with Gasteiger partial charge in [-0.1, -0.05) is 42.3 Å². The summed E-state index contributed by atoms with van der Waals surface area (Å²) < 4.78 is 5.78. The first-order chi connectivity index (χ1) is 14.6. The van der Waals surface area contributed by atoms with Crippen LogP contribution in [0.25, 0.3) is 0 Å². The van der Waals surface area contributed by atoms with E-state index in [0.717, 1.165) is 16.7 Å². The van der Waals surface area contributed by atoms with E-state index in [4.69, 9.17) is 27.9 Å². The van der Waals surface area contributed by atoms with Crippen LogP contribution < -0.4 is 10.1 Å². The third-order valence-corrected chi connectivity index (χ3v) is 5.45. The van der Waals surface area contributed by atoms with Crippen molar-refractivity contribution in [3.8, 4) is 5.75 Å². The van der Waals surface area contributed by atoms with Gasteiger partial charge in [-0.2, -0.15) is 0 Å². The van der Waals surface area contributed by atoms with E-state index >= 15 is 0 Å². The first-order valence-corrected chi connectivity index (χ1v) is 11.1. The lowest BCUT2D eigenvalue weighted by Crippen LogP contribution is -2.51. The molecule has 0 heterocycles. The fourth-order valence-corrected chi connectivity index (χ4v) is 3.70. The van der Waals surface area contributed by atoms with Crippen LogP contribution in [0.1, 0.15) is 43.9 Å². The molecule has 0 radical (unpaired) electrons. The predicted octanol–water partition coefficient (Wildman–Crippen LogP) is 5.32. The van der Waals surface area contributed by atoms with Crippen LogP contribution in [-0.4, -0.2) is 35.4 Å². The fraction of sp³-hybridized carbons (Fsp3) is 0.417. The van der Waals surface area contributed by atoms with Crippen molar-refractivity contribution >= 4 is 35.0 Å². The second-order valence-corrected chi connectivity index (χ2v) is 8.78. The molecule has 0 unspecified atom stereocenters. The Morgan fingerprint density at radius 2 is 1.68 bits per heavy atom. The van der Waals surface area contributed by atoms with Gasteiger partial charge in [0.2, 0.25) is 5.91 Å². The van der Waals surface area contributed by atoms with Crippen LogP contribution in [0, 0.1) is 13.8 Å². The highest BCUT2D eigenvalue weighted by Crippen LogP contribution is 2.24. The maximum absolute atomic E-state index is 13.2. The van der Waals surface area contributed by atoms with Crippen LogP contribution in [-0.2, 0) is 16.1 Å². The van der Waals surface area contributed by atoms with E-state index < -0.39 is 6.04 Å². The lowest BCUT2D eigenvalue weighted by molar-refractivity contribution is -0.143. The molecule has 168 valence electrons. The van der Waals surface area contributed by atoms with Crippen molar-refractivity contribution in [2.45, 2.75) is 59.7 Å². The third kappa shape index (κ3) is 7.44. The summed E-state index contributed by atoms with van der Waals surface area (Å²) in [5.41, 5.74) is 2.89. The first kappa shape index (κ1) is 25.0. The van der Waals surface area contributed by atoms with Crippen molar-refractivity contribution in [1.29, 1.82) is 0 Å². The van der Waals surface area contributed by atoms with Gasteiger partial charge < -0.3 is 15.0 Å². The molecule has 0 bridgehead atoms. The number of ether oxygens (including phenoxy) is 1. The number of carbonyl (C=O) groups excluding carboxylic acids is 2. The first-order valence-electron chi connectivity index (χ1n) is 10.4. The Bertz CT molecular complexity index is 911. The van der Waals surface area contributed by atoms with Crippen LogP contribution >= 0.6 is 23.2 Å². The molecular weight excluding hydrogens is 435 g/mol. The summed E-state index contributed by atoms with van der Waals surface area (Å²) in [5, 5.41) is 3.74. The van der Waals surface area contributed by atoms with Crippen LogP contribution in [0.3, 0.4) is 0 Å². The van der Waals surface area contributed by atoms with Crippen LogP contribution in [0.4, 0.5) is 0 Å². The third-order valence-electron chi connectivity index (χ3n) is 4.71. The Morgan fingerprint density at radius 3 is 2.23 bits per heavy atom. The molecule has 2 rings (SSSR count). The fourth-order valence-electron chi connectivity index (χ4n) is 3.38. The Kier molecular flexibility index (Phi) is 9.20. The van der Waals surface area contributed by atoms with Gasteiger partial charge in [-0.25, -0.2) is 0 Å². The molecule has 2 aromatic carbocycles. The highest BCUT2D eigenvalue weighted by Gasteiger charge is 2.29. The zero-order valence-electron chi connectivity index (χ0n) is 18.7. The Hall–Kier alpha value is -2.24. The number of carbonyl (C=O) groups is 2. The van der Waals surface area contributed by atoms with E-state index in [0.29, 0.717) is 22.2 Å². The second-order valence-electron chi connectivity index (χ2n) is 7.97. The molecule has 0 spiro atoms. The Labute approximate surface area is 194 Å². The van der Waals surface area contributed by atoms with Crippen LogP contribution in [0.5, 0.6) is 5.75 Å². The van der Waals surface area contributed by atoms with E-state index in [1.54, 1.807) is 23.1 Å². The molecule has 0 fully saturated rings. The number of nitrogens with zero attached hydrogens (tertiary/aromatic N) is 1. The molecule has 1 atom stereocenters. The zero-order chi connectivity index (χ0) is 23.1. The molecule has 0 saturated carbocycles.